The average Bonchev–Trinajstić information content (AvgIpc) is 2.60. The first-order valence-electron chi connectivity index (χ1n) is 7.96. The molecule has 25 heavy (non-hydrogen) atoms. The van der Waals surface area contributed by atoms with Gasteiger partial charge in [0, 0.05) is 22.0 Å². The fourth-order valence-electron chi connectivity index (χ4n) is 2.26. The number of hydrogen-bond donors (Lipinski definition) is 2. The molecule has 0 spiro atoms. The van der Waals surface area contributed by atoms with E-state index in [9.17, 15) is 9.59 Å². The van der Waals surface area contributed by atoms with Gasteiger partial charge in [0.1, 0.15) is 0 Å². The smallest absolute Gasteiger partial charge is 0.271 e. The van der Waals surface area contributed by atoms with Crippen LogP contribution in [0.25, 0.3) is 0 Å². The molecule has 0 unspecified atom stereocenters. The van der Waals surface area contributed by atoms with Gasteiger partial charge in [-0.1, -0.05) is 42.8 Å². The molecule has 0 heterocycles. The second kappa shape index (κ2) is 8.99. The maximum absolute atomic E-state index is 12.1. The van der Waals surface area contributed by atoms with E-state index >= 15 is 0 Å². The molecule has 0 bridgehead atoms. The Bertz CT molecular complexity index is 803. The fourth-order valence-corrected chi connectivity index (χ4v) is 2.45. The van der Waals surface area contributed by atoms with Crippen molar-refractivity contribution in [1.82, 2.24) is 5.43 Å². The van der Waals surface area contributed by atoms with Crippen molar-refractivity contribution < 1.29 is 9.59 Å². The molecule has 2 amide bonds. The van der Waals surface area contributed by atoms with Crippen LogP contribution in [0.3, 0.4) is 0 Å². The number of halogens is 1. The number of anilines is 1. The van der Waals surface area contributed by atoms with E-state index in [0.29, 0.717) is 16.3 Å². The van der Waals surface area contributed by atoms with Crippen LogP contribution in [0.4, 0.5) is 5.69 Å². The first-order valence-corrected chi connectivity index (χ1v) is 8.34. The van der Waals surface area contributed by atoms with E-state index in [1.165, 1.54) is 0 Å². The minimum Gasteiger partial charge on any atom is -0.326 e. The molecule has 2 N–H and O–H groups in total. The van der Waals surface area contributed by atoms with Crippen LogP contribution in [-0.4, -0.2) is 17.5 Å². The van der Waals surface area contributed by atoms with Gasteiger partial charge in [-0.25, -0.2) is 5.43 Å². The van der Waals surface area contributed by atoms with E-state index < -0.39 is 0 Å². The molecule has 0 saturated carbocycles. The Labute approximate surface area is 152 Å². The second-order valence-corrected chi connectivity index (χ2v) is 5.97. The third kappa shape index (κ3) is 5.72. The first-order chi connectivity index (χ1) is 12.0. The zero-order chi connectivity index (χ0) is 18.2. The third-order valence-electron chi connectivity index (χ3n) is 3.52. The molecule has 5 nitrogen and oxygen atoms in total. The predicted octanol–water partition coefficient (Wildman–Crippen LogP) is 4.04. The van der Waals surface area contributed by atoms with E-state index in [-0.39, 0.29) is 18.2 Å². The second-order valence-electron chi connectivity index (χ2n) is 5.53. The van der Waals surface area contributed by atoms with Crippen LogP contribution >= 0.6 is 11.6 Å². The molecule has 0 aromatic heterocycles. The Morgan fingerprint density at radius 2 is 1.88 bits per heavy atom. The number of nitrogens with zero attached hydrogens (tertiary/aromatic N) is 1. The predicted molar refractivity (Wildman–Crippen MR) is 101 cm³/mol. The fraction of sp³-hybridized carbons (Fsp3) is 0.211. The van der Waals surface area contributed by atoms with Crippen molar-refractivity contribution in [3.63, 3.8) is 0 Å². The van der Waals surface area contributed by atoms with Gasteiger partial charge in [-0.3, -0.25) is 9.59 Å². The topological polar surface area (TPSA) is 70.6 Å². The van der Waals surface area contributed by atoms with Crippen molar-refractivity contribution in [2.24, 2.45) is 5.10 Å². The van der Waals surface area contributed by atoms with E-state index in [0.717, 1.165) is 17.7 Å². The molecule has 130 valence electrons. The highest BCUT2D eigenvalue weighted by atomic mass is 35.5. The van der Waals surface area contributed by atoms with Crippen molar-refractivity contribution in [2.45, 2.75) is 26.7 Å². The van der Waals surface area contributed by atoms with Crippen LogP contribution < -0.4 is 10.7 Å². The van der Waals surface area contributed by atoms with E-state index in [2.05, 4.69) is 15.8 Å². The van der Waals surface area contributed by atoms with Gasteiger partial charge in [0.05, 0.1) is 6.42 Å². The number of para-hydroxylation sites is 1. The Morgan fingerprint density at radius 3 is 2.60 bits per heavy atom. The molecule has 2 rings (SSSR count). The zero-order valence-electron chi connectivity index (χ0n) is 14.2. The summed E-state index contributed by atoms with van der Waals surface area (Å²) in [7, 11) is 0. The minimum absolute atomic E-state index is 0.0911. The summed E-state index contributed by atoms with van der Waals surface area (Å²) in [6.07, 6.45) is 0.924. The van der Waals surface area contributed by atoms with E-state index in [1.54, 1.807) is 31.2 Å². The molecule has 0 fully saturated rings. The Morgan fingerprint density at radius 1 is 1.12 bits per heavy atom. The number of amides is 2. The Kier molecular flexibility index (Phi) is 6.71. The van der Waals surface area contributed by atoms with Gasteiger partial charge in [0.25, 0.3) is 5.91 Å². The number of carbonyl (C=O) groups excluding carboxylic acids is 2. The highest BCUT2D eigenvalue weighted by Gasteiger charge is 2.09. The maximum atomic E-state index is 12.1. The van der Waals surface area contributed by atoms with E-state index in [1.807, 2.05) is 31.2 Å². The summed E-state index contributed by atoms with van der Waals surface area (Å²) in [5, 5.41) is 7.31. The van der Waals surface area contributed by atoms with Crippen LogP contribution in [0.1, 0.15) is 36.2 Å². The molecule has 0 radical (unpaired) electrons. The number of carbonyl (C=O) groups is 2. The molecule has 0 aliphatic rings. The quantitative estimate of drug-likeness (QED) is 0.605. The summed E-state index contributed by atoms with van der Waals surface area (Å²) in [6.45, 7) is 3.71. The van der Waals surface area contributed by atoms with Crippen LogP contribution in [0, 0.1) is 0 Å². The summed E-state index contributed by atoms with van der Waals surface area (Å²) in [5.41, 5.74) is 5.20. The monoisotopic (exact) mass is 357 g/mol. The lowest BCUT2D eigenvalue weighted by molar-refractivity contribution is -0.115. The Balaban J connectivity index is 1.92. The maximum Gasteiger partial charge on any atom is 0.271 e. The van der Waals surface area contributed by atoms with E-state index in [4.69, 9.17) is 11.6 Å². The van der Waals surface area contributed by atoms with Gasteiger partial charge in [-0.05, 0) is 43.2 Å². The SMILES string of the molecule is CCc1ccccc1NC(=O)C/C(C)=N/NC(=O)c1cccc(Cl)c1. The number of hydrogen-bond acceptors (Lipinski definition) is 3. The Hall–Kier alpha value is -2.66. The molecule has 2 aromatic carbocycles. The number of aryl methyl sites for hydroxylation is 1. The molecule has 0 saturated heterocycles. The summed E-state index contributed by atoms with van der Waals surface area (Å²) in [4.78, 5) is 24.1. The first kappa shape index (κ1) is 18.7. The molecule has 6 heteroatoms. The van der Waals surface area contributed by atoms with Crippen LogP contribution in [0.15, 0.2) is 53.6 Å². The van der Waals surface area contributed by atoms with Crippen molar-refractivity contribution in [3.8, 4) is 0 Å². The van der Waals surface area contributed by atoms with Crippen LogP contribution in [-0.2, 0) is 11.2 Å². The van der Waals surface area contributed by atoms with Crippen LogP contribution in [0.2, 0.25) is 5.02 Å². The number of rotatable bonds is 6. The van der Waals surface area contributed by atoms with Gasteiger partial charge in [0.2, 0.25) is 5.91 Å². The molecule has 0 aliphatic heterocycles. The lowest BCUT2D eigenvalue weighted by Gasteiger charge is -2.09. The average molecular weight is 358 g/mol. The highest BCUT2D eigenvalue weighted by molar-refractivity contribution is 6.30. The molecule has 0 aliphatic carbocycles. The largest absolute Gasteiger partial charge is 0.326 e. The minimum atomic E-state index is -0.376. The highest BCUT2D eigenvalue weighted by Crippen LogP contribution is 2.15. The van der Waals surface area contributed by atoms with Crippen molar-refractivity contribution >= 4 is 34.8 Å². The molecular weight excluding hydrogens is 338 g/mol. The number of hydrazone groups is 1. The van der Waals surface area contributed by atoms with Crippen molar-refractivity contribution in [3.05, 3.63) is 64.7 Å². The van der Waals surface area contributed by atoms with Gasteiger partial charge in [-0.15, -0.1) is 0 Å². The molecule has 0 atom stereocenters. The summed E-state index contributed by atoms with van der Waals surface area (Å²) < 4.78 is 0. The number of benzene rings is 2. The van der Waals surface area contributed by atoms with Crippen molar-refractivity contribution in [1.29, 1.82) is 0 Å². The van der Waals surface area contributed by atoms with Gasteiger partial charge >= 0.3 is 0 Å². The lowest BCUT2D eigenvalue weighted by atomic mass is 10.1. The summed E-state index contributed by atoms with van der Waals surface area (Å²) in [5.74, 6) is -0.558. The standard InChI is InChI=1S/C19H20ClN3O2/c1-3-14-7-4-5-10-17(14)21-18(24)11-13(2)22-23-19(25)15-8-6-9-16(20)12-15/h4-10,12H,3,11H2,1-2H3,(H,21,24)(H,23,25)/b22-13+. The number of nitrogens with one attached hydrogen (secondary N) is 2. The zero-order valence-corrected chi connectivity index (χ0v) is 14.9. The third-order valence-corrected chi connectivity index (χ3v) is 3.76. The van der Waals surface area contributed by atoms with Gasteiger partial charge < -0.3 is 5.32 Å². The van der Waals surface area contributed by atoms with Crippen LogP contribution in [0.5, 0.6) is 0 Å². The molecular formula is C19H20ClN3O2. The lowest BCUT2D eigenvalue weighted by Crippen LogP contribution is -2.21. The van der Waals surface area contributed by atoms with Crippen molar-refractivity contribution in [2.75, 3.05) is 5.32 Å². The summed E-state index contributed by atoms with van der Waals surface area (Å²) in [6, 6.07) is 14.2. The molecule has 2 aromatic rings. The van der Waals surface area contributed by atoms with Gasteiger partial charge in [-0.2, -0.15) is 5.10 Å². The normalized spacial score (nSPS) is 11.1. The van der Waals surface area contributed by atoms with Gasteiger partial charge in [0.15, 0.2) is 0 Å². The summed E-state index contributed by atoms with van der Waals surface area (Å²) >= 11 is 5.85.